The van der Waals surface area contributed by atoms with Crippen molar-refractivity contribution in [1.82, 2.24) is 4.57 Å². The van der Waals surface area contributed by atoms with E-state index in [0.29, 0.717) is 30.2 Å². The predicted molar refractivity (Wildman–Crippen MR) is 108 cm³/mol. The van der Waals surface area contributed by atoms with Gasteiger partial charge in [-0.2, -0.15) is 0 Å². The number of nitrogens with one attached hydrogen (secondary N) is 1. The SMILES string of the molecule is CC1Sc2c(C(=O)O)c(=O)c3c(NN)c(F)c(N4CCC(CN)C4)c(Cl)c3n21. The molecular formula is C17H19ClFN5O3S. The first kappa shape index (κ1) is 19.3. The summed E-state index contributed by atoms with van der Waals surface area (Å²) in [5.74, 6) is 3.63. The van der Waals surface area contributed by atoms with Crippen molar-refractivity contribution in [2.75, 3.05) is 30.0 Å². The number of anilines is 2. The van der Waals surface area contributed by atoms with Gasteiger partial charge in [0.25, 0.3) is 0 Å². The molecular weight excluding hydrogens is 409 g/mol. The Balaban J connectivity index is 2.10. The molecule has 11 heteroatoms. The summed E-state index contributed by atoms with van der Waals surface area (Å²) in [5, 5.41) is 9.58. The fourth-order valence-corrected chi connectivity index (χ4v) is 5.54. The van der Waals surface area contributed by atoms with Gasteiger partial charge in [-0.3, -0.25) is 10.6 Å². The minimum atomic E-state index is -1.37. The maximum atomic E-state index is 15.4. The fraction of sp³-hybridized carbons (Fsp3) is 0.412. The van der Waals surface area contributed by atoms with Gasteiger partial charge in [-0.1, -0.05) is 23.4 Å². The number of carboxylic acid groups (broad SMARTS) is 1. The smallest absolute Gasteiger partial charge is 0.342 e. The number of nitrogens with two attached hydrogens (primary N) is 2. The summed E-state index contributed by atoms with van der Waals surface area (Å²) in [4.78, 5) is 26.4. The summed E-state index contributed by atoms with van der Waals surface area (Å²) in [6.07, 6.45) is 0.804. The van der Waals surface area contributed by atoms with Gasteiger partial charge in [0.2, 0.25) is 5.43 Å². The van der Waals surface area contributed by atoms with Crippen LogP contribution in [0.3, 0.4) is 0 Å². The normalized spacial score (nSPS) is 21.0. The lowest BCUT2D eigenvalue weighted by atomic mass is 10.1. The Morgan fingerprint density at radius 2 is 2.21 bits per heavy atom. The van der Waals surface area contributed by atoms with E-state index in [1.807, 2.05) is 6.92 Å². The Bertz CT molecular complexity index is 1080. The molecule has 0 saturated carbocycles. The number of aromatic nitrogens is 1. The van der Waals surface area contributed by atoms with E-state index in [1.54, 1.807) is 9.47 Å². The molecule has 0 radical (unpaired) electrons. The van der Waals surface area contributed by atoms with Crippen molar-refractivity contribution in [2.24, 2.45) is 17.5 Å². The largest absolute Gasteiger partial charge is 0.477 e. The van der Waals surface area contributed by atoms with Gasteiger partial charge >= 0.3 is 5.97 Å². The van der Waals surface area contributed by atoms with E-state index < -0.39 is 22.8 Å². The number of thioether (sulfide) groups is 1. The van der Waals surface area contributed by atoms with Crippen LogP contribution in [0.1, 0.15) is 29.1 Å². The van der Waals surface area contributed by atoms with Gasteiger partial charge in [0.1, 0.15) is 11.3 Å². The number of halogens is 2. The molecule has 3 heterocycles. The number of nitrogens with zero attached hydrogens (tertiary/aromatic N) is 2. The molecule has 0 bridgehead atoms. The van der Waals surface area contributed by atoms with Gasteiger partial charge in [0, 0.05) is 13.1 Å². The zero-order valence-electron chi connectivity index (χ0n) is 15.0. The molecule has 2 aliphatic heterocycles. The lowest BCUT2D eigenvalue weighted by Crippen LogP contribution is -2.31. The van der Waals surface area contributed by atoms with Crippen molar-refractivity contribution >= 4 is 51.6 Å². The summed E-state index contributed by atoms with van der Waals surface area (Å²) in [6, 6.07) is 0. The molecule has 0 aliphatic carbocycles. The van der Waals surface area contributed by atoms with E-state index in [9.17, 15) is 14.7 Å². The van der Waals surface area contributed by atoms with E-state index in [-0.39, 0.29) is 33.1 Å². The van der Waals surface area contributed by atoms with E-state index >= 15 is 4.39 Å². The number of carbonyl (C=O) groups is 1. The number of carboxylic acids is 1. The van der Waals surface area contributed by atoms with Crippen molar-refractivity contribution in [3.05, 3.63) is 26.6 Å². The molecule has 2 aromatic rings. The number of rotatable bonds is 4. The lowest BCUT2D eigenvalue weighted by molar-refractivity contribution is 0.0689. The number of benzene rings is 1. The summed E-state index contributed by atoms with van der Waals surface area (Å²) >= 11 is 7.88. The van der Waals surface area contributed by atoms with Crippen LogP contribution in [0.15, 0.2) is 9.82 Å². The van der Waals surface area contributed by atoms with Gasteiger partial charge < -0.3 is 25.7 Å². The molecule has 2 atom stereocenters. The highest BCUT2D eigenvalue weighted by atomic mass is 35.5. The molecule has 6 N–H and O–H groups in total. The van der Waals surface area contributed by atoms with Crippen molar-refractivity contribution in [3.8, 4) is 0 Å². The molecule has 2 aliphatic rings. The van der Waals surface area contributed by atoms with Gasteiger partial charge in [-0.05, 0) is 25.8 Å². The number of pyridine rings is 1. The summed E-state index contributed by atoms with van der Waals surface area (Å²) in [6.45, 7) is 3.44. The molecule has 2 unspecified atom stereocenters. The Morgan fingerprint density at radius 1 is 1.50 bits per heavy atom. The monoisotopic (exact) mass is 427 g/mol. The van der Waals surface area contributed by atoms with E-state index in [4.69, 9.17) is 23.2 Å². The van der Waals surface area contributed by atoms with Crippen molar-refractivity contribution < 1.29 is 14.3 Å². The maximum Gasteiger partial charge on any atom is 0.342 e. The Hall–Kier alpha value is -2.01. The van der Waals surface area contributed by atoms with E-state index in [0.717, 1.165) is 6.42 Å². The van der Waals surface area contributed by atoms with Crippen molar-refractivity contribution in [2.45, 2.75) is 23.7 Å². The molecule has 1 saturated heterocycles. The Kier molecular flexibility index (Phi) is 4.69. The number of nitrogen functional groups attached to an aromatic ring is 1. The number of fused-ring (bicyclic) bond motifs is 3. The standard InChI is InChI=1S/C17H19ClFN5O3S/c1-6-24-13-8(15(25)9(17(26)27)16(24)28-6)12(22-21)11(19)14(10(13)18)23-3-2-7(4-20)5-23/h6-7,22H,2-5,20-21H2,1H3,(H,26,27). The minimum absolute atomic E-state index is 0.0756. The van der Waals surface area contributed by atoms with Gasteiger partial charge in [0.05, 0.1) is 32.0 Å². The van der Waals surface area contributed by atoms with Crippen LogP contribution in [0.2, 0.25) is 5.02 Å². The zero-order valence-corrected chi connectivity index (χ0v) is 16.5. The summed E-state index contributed by atoms with van der Waals surface area (Å²) < 4.78 is 17.1. The predicted octanol–water partition coefficient (Wildman–Crippen LogP) is 2.19. The fourth-order valence-electron chi connectivity index (χ4n) is 4.01. The van der Waals surface area contributed by atoms with Crippen LogP contribution in [-0.2, 0) is 0 Å². The van der Waals surface area contributed by atoms with Gasteiger partial charge in [-0.25, -0.2) is 9.18 Å². The van der Waals surface area contributed by atoms with Gasteiger partial charge in [-0.15, -0.1) is 0 Å². The first-order valence-electron chi connectivity index (χ1n) is 8.76. The average Bonchev–Trinajstić information content (AvgIpc) is 3.11. The van der Waals surface area contributed by atoms with Crippen LogP contribution >= 0.6 is 23.4 Å². The van der Waals surface area contributed by atoms with Crippen LogP contribution in [0.25, 0.3) is 10.9 Å². The topological polar surface area (TPSA) is 127 Å². The van der Waals surface area contributed by atoms with Crippen molar-refractivity contribution in [3.63, 3.8) is 0 Å². The second-order valence-electron chi connectivity index (χ2n) is 6.96. The molecule has 0 spiro atoms. The van der Waals surface area contributed by atoms with E-state index in [2.05, 4.69) is 5.43 Å². The molecule has 1 aromatic heterocycles. The van der Waals surface area contributed by atoms with Crippen LogP contribution in [0.5, 0.6) is 0 Å². The lowest BCUT2D eigenvalue weighted by Gasteiger charge is -2.34. The quantitative estimate of drug-likeness (QED) is 0.432. The Morgan fingerprint density at radius 3 is 2.75 bits per heavy atom. The molecule has 1 fully saturated rings. The van der Waals surface area contributed by atoms with Crippen molar-refractivity contribution in [1.29, 1.82) is 0 Å². The maximum absolute atomic E-state index is 15.4. The first-order chi connectivity index (χ1) is 13.3. The number of hydrogen-bond acceptors (Lipinski definition) is 7. The van der Waals surface area contributed by atoms with Gasteiger partial charge in [0.15, 0.2) is 5.82 Å². The highest BCUT2D eigenvalue weighted by Crippen LogP contribution is 2.51. The third-order valence-corrected chi connectivity index (χ3v) is 6.93. The van der Waals surface area contributed by atoms with Crippen LogP contribution in [0, 0.1) is 11.7 Å². The van der Waals surface area contributed by atoms with E-state index in [1.165, 1.54) is 11.8 Å². The second kappa shape index (κ2) is 6.80. The molecule has 1 aromatic carbocycles. The highest BCUT2D eigenvalue weighted by molar-refractivity contribution is 8.00. The van der Waals surface area contributed by atoms with Crippen LogP contribution in [0.4, 0.5) is 15.8 Å². The van der Waals surface area contributed by atoms with Crippen LogP contribution in [-0.4, -0.2) is 35.3 Å². The molecule has 150 valence electrons. The Labute approximate surface area is 168 Å². The molecule has 28 heavy (non-hydrogen) atoms. The zero-order chi connectivity index (χ0) is 20.3. The first-order valence-corrected chi connectivity index (χ1v) is 10.0. The average molecular weight is 428 g/mol. The summed E-state index contributed by atoms with van der Waals surface area (Å²) in [5.41, 5.74) is 6.97. The number of aromatic carboxylic acids is 1. The summed E-state index contributed by atoms with van der Waals surface area (Å²) in [7, 11) is 0. The van der Waals surface area contributed by atoms with Crippen LogP contribution < -0.4 is 27.3 Å². The molecule has 4 rings (SSSR count). The number of hydrogen-bond donors (Lipinski definition) is 4. The highest BCUT2D eigenvalue weighted by Gasteiger charge is 2.37. The molecule has 0 amide bonds. The number of hydrazine groups is 1. The molecule has 8 nitrogen and oxygen atoms in total. The second-order valence-corrected chi connectivity index (χ2v) is 8.64. The third-order valence-electron chi connectivity index (χ3n) is 5.40. The third kappa shape index (κ3) is 2.52. The minimum Gasteiger partial charge on any atom is -0.477 e.